The van der Waals surface area contributed by atoms with Crippen LogP contribution in [-0.2, 0) is 9.59 Å². The number of amides is 1. The highest BCUT2D eigenvalue weighted by Gasteiger charge is 2.38. The third kappa shape index (κ3) is 8.30. The number of rotatable bonds is 9. The van der Waals surface area contributed by atoms with Crippen LogP contribution in [0.1, 0.15) is 37.0 Å². The van der Waals surface area contributed by atoms with E-state index >= 15 is 0 Å². The molecule has 2 aromatic rings. The molecule has 10 nitrogen and oxygen atoms in total. The molecule has 3 aliphatic heterocycles. The quantitative estimate of drug-likeness (QED) is 0.461. The number of hydrogen-bond acceptors (Lipinski definition) is 6. The Hall–Kier alpha value is -3.89. The normalized spacial score (nSPS) is 19.3. The lowest BCUT2D eigenvalue weighted by Gasteiger charge is -2.49. The predicted molar refractivity (Wildman–Crippen MR) is 150 cm³/mol. The first-order valence-electron chi connectivity index (χ1n) is 13.0. The van der Waals surface area contributed by atoms with Crippen molar-refractivity contribution >= 4 is 29.2 Å². The van der Waals surface area contributed by atoms with Crippen LogP contribution in [0, 0.1) is 5.92 Å². The van der Waals surface area contributed by atoms with Gasteiger partial charge >= 0.3 is 11.9 Å². The van der Waals surface area contributed by atoms with Crippen molar-refractivity contribution in [2.45, 2.75) is 32.7 Å². The maximum atomic E-state index is 12.7. The fourth-order valence-electron chi connectivity index (χ4n) is 5.12. The van der Waals surface area contributed by atoms with Gasteiger partial charge in [0.2, 0.25) is 0 Å². The van der Waals surface area contributed by atoms with E-state index in [0.717, 1.165) is 42.3 Å². The molecule has 39 heavy (non-hydrogen) atoms. The van der Waals surface area contributed by atoms with E-state index in [1.54, 1.807) is 7.11 Å². The standard InChI is InChI=1S/C25H33N3O2.C4H4O4.H2O/c1-4-27(5-2)25(29)20-9-11-21(12-10-20)28(22-7-6-8-23(17-22)30-3)24-18-26-15-13-19(24)14-16-26;5-3(6)1-2-4(7)8;/h6-12,17,19,24H,4-5,13-16,18H2,1-3H3;1-2H,(H,5,6)(H,7,8);1H2/b;2-1+;. The highest BCUT2D eigenvalue weighted by Crippen LogP contribution is 2.39. The van der Waals surface area contributed by atoms with Gasteiger partial charge in [-0.25, -0.2) is 9.59 Å². The molecule has 0 aromatic heterocycles. The smallest absolute Gasteiger partial charge is 0.328 e. The number of carboxylic acids is 2. The Bertz CT molecular complexity index is 1110. The van der Waals surface area contributed by atoms with Crippen LogP contribution in [0.2, 0.25) is 0 Å². The molecule has 0 saturated carbocycles. The molecular weight excluding hydrogens is 502 g/mol. The van der Waals surface area contributed by atoms with E-state index in [1.165, 1.54) is 25.9 Å². The van der Waals surface area contributed by atoms with Gasteiger partial charge in [0, 0.05) is 60.8 Å². The van der Waals surface area contributed by atoms with Gasteiger partial charge in [-0.15, -0.1) is 0 Å². The summed E-state index contributed by atoms with van der Waals surface area (Å²) in [5, 5.41) is 15.6. The average molecular weight is 542 g/mol. The van der Waals surface area contributed by atoms with Crippen molar-refractivity contribution in [1.82, 2.24) is 9.80 Å². The molecule has 2 bridgehead atoms. The molecular formula is C29H39N3O7. The molecule has 1 unspecified atom stereocenters. The summed E-state index contributed by atoms with van der Waals surface area (Å²) < 4.78 is 5.50. The molecule has 0 aliphatic carbocycles. The predicted octanol–water partition coefficient (Wildman–Crippen LogP) is 3.30. The van der Waals surface area contributed by atoms with Crippen LogP contribution in [0.3, 0.4) is 0 Å². The number of anilines is 2. The number of carboxylic acid groups (broad SMARTS) is 2. The van der Waals surface area contributed by atoms with Gasteiger partial charge in [0.15, 0.2) is 0 Å². The molecule has 3 fully saturated rings. The van der Waals surface area contributed by atoms with Crippen LogP contribution >= 0.6 is 0 Å². The van der Waals surface area contributed by atoms with E-state index < -0.39 is 11.9 Å². The Balaban J connectivity index is 0.000000519. The van der Waals surface area contributed by atoms with Crippen LogP contribution < -0.4 is 9.64 Å². The molecule has 5 rings (SSSR count). The second-order valence-corrected chi connectivity index (χ2v) is 9.31. The number of carbonyl (C=O) groups excluding carboxylic acids is 1. The van der Waals surface area contributed by atoms with Crippen molar-refractivity contribution in [3.63, 3.8) is 0 Å². The summed E-state index contributed by atoms with van der Waals surface area (Å²) in [5.41, 5.74) is 3.04. The lowest BCUT2D eigenvalue weighted by molar-refractivity contribution is -0.134. The molecule has 3 aliphatic rings. The number of aliphatic carboxylic acids is 2. The van der Waals surface area contributed by atoms with Crippen LogP contribution in [0.5, 0.6) is 5.75 Å². The van der Waals surface area contributed by atoms with E-state index in [9.17, 15) is 14.4 Å². The maximum Gasteiger partial charge on any atom is 0.328 e. The molecule has 3 saturated heterocycles. The Morgan fingerprint density at radius 2 is 1.54 bits per heavy atom. The van der Waals surface area contributed by atoms with E-state index in [2.05, 4.69) is 40.1 Å². The van der Waals surface area contributed by atoms with Crippen molar-refractivity contribution in [2.24, 2.45) is 5.92 Å². The molecule has 10 heteroatoms. The van der Waals surface area contributed by atoms with Gasteiger partial charge in [-0.2, -0.15) is 0 Å². The fraction of sp³-hybridized carbons (Fsp3) is 0.414. The maximum absolute atomic E-state index is 12.7. The van der Waals surface area contributed by atoms with Crippen LogP contribution in [0.4, 0.5) is 11.4 Å². The lowest BCUT2D eigenvalue weighted by Crippen LogP contribution is -2.56. The first kappa shape index (κ1) is 31.3. The largest absolute Gasteiger partial charge is 0.497 e. The molecule has 0 radical (unpaired) electrons. The molecule has 3 heterocycles. The Morgan fingerprint density at radius 3 is 2.00 bits per heavy atom. The van der Waals surface area contributed by atoms with Crippen molar-refractivity contribution < 1.29 is 34.8 Å². The van der Waals surface area contributed by atoms with E-state index in [-0.39, 0.29) is 11.4 Å². The monoisotopic (exact) mass is 541 g/mol. The third-order valence-electron chi connectivity index (χ3n) is 7.10. The molecule has 212 valence electrons. The molecule has 4 N–H and O–H groups in total. The topological polar surface area (TPSA) is 142 Å². The molecule has 0 spiro atoms. The summed E-state index contributed by atoms with van der Waals surface area (Å²) in [6, 6.07) is 16.9. The van der Waals surface area contributed by atoms with Crippen molar-refractivity contribution in [3.8, 4) is 5.75 Å². The second kappa shape index (κ2) is 14.9. The van der Waals surface area contributed by atoms with Crippen molar-refractivity contribution in [1.29, 1.82) is 0 Å². The van der Waals surface area contributed by atoms with Gasteiger partial charge in [0.1, 0.15) is 5.75 Å². The van der Waals surface area contributed by atoms with Crippen LogP contribution in [-0.4, -0.2) is 89.2 Å². The van der Waals surface area contributed by atoms with Gasteiger partial charge in [-0.05, 0) is 82.1 Å². The first-order chi connectivity index (χ1) is 18.3. The van der Waals surface area contributed by atoms with Gasteiger partial charge in [0.05, 0.1) is 7.11 Å². The van der Waals surface area contributed by atoms with E-state index in [4.69, 9.17) is 14.9 Å². The van der Waals surface area contributed by atoms with E-state index in [0.29, 0.717) is 24.1 Å². The summed E-state index contributed by atoms with van der Waals surface area (Å²) in [7, 11) is 1.71. The zero-order valence-electron chi connectivity index (χ0n) is 22.7. The number of carbonyl (C=O) groups is 3. The zero-order valence-corrected chi connectivity index (χ0v) is 22.7. The number of methoxy groups -OCH3 is 1. The first-order valence-corrected chi connectivity index (χ1v) is 13.0. The number of benzene rings is 2. The number of fused-ring (bicyclic) bond motifs is 3. The van der Waals surface area contributed by atoms with Crippen molar-refractivity contribution in [3.05, 3.63) is 66.2 Å². The van der Waals surface area contributed by atoms with Crippen LogP contribution in [0.25, 0.3) is 0 Å². The summed E-state index contributed by atoms with van der Waals surface area (Å²) >= 11 is 0. The number of ether oxygens (including phenoxy) is 1. The minimum atomic E-state index is -1.26. The van der Waals surface area contributed by atoms with Gasteiger partial charge in [-0.3, -0.25) is 4.79 Å². The number of piperidine rings is 3. The molecule has 1 atom stereocenters. The highest BCUT2D eigenvalue weighted by molar-refractivity contribution is 5.94. The average Bonchev–Trinajstić information content (AvgIpc) is 2.94. The summed E-state index contributed by atoms with van der Waals surface area (Å²) in [6.07, 6.45) is 3.62. The second-order valence-electron chi connectivity index (χ2n) is 9.31. The Kier molecular flexibility index (Phi) is 12.0. The third-order valence-corrected chi connectivity index (χ3v) is 7.10. The van der Waals surface area contributed by atoms with Gasteiger partial charge in [0.25, 0.3) is 5.91 Å². The van der Waals surface area contributed by atoms with E-state index in [1.807, 2.05) is 36.9 Å². The minimum absolute atomic E-state index is 0. The highest BCUT2D eigenvalue weighted by atomic mass is 16.5. The molecule has 1 amide bonds. The molecule has 2 aromatic carbocycles. The summed E-state index contributed by atoms with van der Waals surface area (Å²) in [4.78, 5) is 38.7. The summed E-state index contributed by atoms with van der Waals surface area (Å²) in [6.45, 7) is 9.01. The Morgan fingerprint density at radius 1 is 0.949 bits per heavy atom. The number of hydrogen-bond donors (Lipinski definition) is 2. The SMILES string of the molecule is CCN(CC)C(=O)c1ccc(N(c2cccc(OC)c2)C2CN3CCC2CC3)cc1.O.O=C(O)/C=C/C(=O)O. The van der Waals surface area contributed by atoms with Crippen molar-refractivity contribution in [2.75, 3.05) is 44.7 Å². The van der Waals surface area contributed by atoms with Gasteiger partial charge < -0.3 is 35.1 Å². The minimum Gasteiger partial charge on any atom is -0.497 e. The van der Waals surface area contributed by atoms with Gasteiger partial charge in [-0.1, -0.05) is 6.07 Å². The van der Waals surface area contributed by atoms with Crippen LogP contribution in [0.15, 0.2) is 60.7 Å². The fourth-order valence-corrected chi connectivity index (χ4v) is 5.12. The Labute approximate surface area is 229 Å². The zero-order chi connectivity index (χ0) is 27.7. The summed E-state index contributed by atoms with van der Waals surface area (Å²) in [5.74, 6) is -0.854. The number of nitrogens with zero attached hydrogens (tertiary/aromatic N) is 3. The lowest BCUT2D eigenvalue weighted by atomic mass is 9.82.